The number of aromatic nitrogens is 2. The maximum atomic E-state index is 12.6. The molecule has 1 aromatic carbocycles. The summed E-state index contributed by atoms with van der Waals surface area (Å²) in [4.78, 5) is 28.3. The number of carbonyl (C=O) groups is 1. The van der Waals surface area contributed by atoms with Crippen LogP contribution in [0, 0.1) is 0 Å². The number of hydrogen-bond donors (Lipinski definition) is 2. The number of nitrogens with zero attached hydrogens (tertiary/aromatic N) is 2. The van der Waals surface area contributed by atoms with Crippen molar-refractivity contribution in [2.75, 3.05) is 0 Å². The Balaban J connectivity index is 1.83. The summed E-state index contributed by atoms with van der Waals surface area (Å²) in [6, 6.07) is 13.3. The second-order valence-corrected chi connectivity index (χ2v) is 6.92. The fraction of sp³-hybridized carbons (Fsp3) is 0.0500. The van der Waals surface area contributed by atoms with Crippen molar-refractivity contribution in [2.45, 2.75) is 6.54 Å². The molecular formula is C20H14N2O4S. The molecule has 0 atom stereocenters. The first kappa shape index (κ1) is 17.0. The van der Waals surface area contributed by atoms with Crippen molar-refractivity contribution in [3.05, 3.63) is 81.7 Å². The fourth-order valence-corrected chi connectivity index (χ4v) is 3.99. The number of fused-ring (bicyclic) bond motifs is 1. The van der Waals surface area contributed by atoms with Crippen LogP contribution >= 0.6 is 11.3 Å². The lowest BCUT2D eigenvalue weighted by atomic mass is 10.1. The van der Waals surface area contributed by atoms with Gasteiger partial charge in [-0.3, -0.25) is 14.3 Å². The summed E-state index contributed by atoms with van der Waals surface area (Å²) in [5.41, 5.74) is 2.08. The minimum atomic E-state index is -1.32. The molecule has 0 spiro atoms. The SMILES string of the molecule is O=C(O)c1c(O)c(=O)n(Cc2cncc(-c3ccccc3)c2)c2ccsc12. The van der Waals surface area contributed by atoms with Gasteiger partial charge < -0.3 is 10.2 Å². The van der Waals surface area contributed by atoms with Gasteiger partial charge in [0.25, 0.3) is 5.56 Å². The molecule has 0 radical (unpaired) electrons. The summed E-state index contributed by atoms with van der Waals surface area (Å²) in [5.74, 6) is -2.07. The van der Waals surface area contributed by atoms with Gasteiger partial charge in [0.2, 0.25) is 0 Å². The lowest BCUT2D eigenvalue weighted by Crippen LogP contribution is -2.23. The minimum absolute atomic E-state index is 0.174. The van der Waals surface area contributed by atoms with E-state index < -0.39 is 17.3 Å². The molecule has 7 heteroatoms. The molecule has 0 aliphatic carbocycles. The van der Waals surface area contributed by atoms with Crippen LogP contribution in [0.5, 0.6) is 5.75 Å². The first-order valence-electron chi connectivity index (χ1n) is 8.12. The Morgan fingerprint density at radius 1 is 1.11 bits per heavy atom. The van der Waals surface area contributed by atoms with E-state index in [-0.39, 0.29) is 12.1 Å². The Kier molecular flexibility index (Phi) is 4.21. The molecule has 27 heavy (non-hydrogen) atoms. The quantitative estimate of drug-likeness (QED) is 0.566. The van der Waals surface area contributed by atoms with Crippen LogP contribution < -0.4 is 5.56 Å². The normalized spacial score (nSPS) is 11.0. The van der Waals surface area contributed by atoms with Gasteiger partial charge in [-0.25, -0.2) is 4.79 Å². The van der Waals surface area contributed by atoms with Crippen molar-refractivity contribution in [3.8, 4) is 16.9 Å². The van der Waals surface area contributed by atoms with Gasteiger partial charge >= 0.3 is 5.97 Å². The second kappa shape index (κ2) is 6.69. The molecule has 3 aromatic heterocycles. The molecule has 0 saturated heterocycles. The third kappa shape index (κ3) is 2.98. The number of rotatable bonds is 4. The van der Waals surface area contributed by atoms with Gasteiger partial charge in [0.05, 0.1) is 16.8 Å². The van der Waals surface area contributed by atoms with E-state index in [0.29, 0.717) is 10.2 Å². The van der Waals surface area contributed by atoms with Gasteiger partial charge in [-0.2, -0.15) is 0 Å². The van der Waals surface area contributed by atoms with Crippen LogP contribution in [-0.2, 0) is 6.54 Å². The predicted octanol–water partition coefficient (Wildman–Crippen LogP) is 3.58. The van der Waals surface area contributed by atoms with E-state index in [0.717, 1.165) is 16.7 Å². The van der Waals surface area contributed by atoms with Gasteiger partial charge in [-0.05, 0) is 28.6 Å². The highest BCUT2D eigenvalue weighted by Gasteiger charge is 2.22. The average Bonchev–Trinajstić information content (AvgIpc) is 3.15. The number of carboxylic acid groups (broad SMARTS) is 1. The fourth-order valence-electron chi connectivity index (χ4n) is 3.05. The molecule has 0 amide bonds. The van der Waals surface area contributed by atoms with Gasteiger partial charge in [-0.1, -0.05) is 30.3 Å². The molecule has 4 rings (SSSR count). The Bertz CT molecular complexity index is 1210. The van der Waals surface area contributed by atoms with Crippen molar-refractivity contribution in [2.24, 2.45) is 0 Å². The van der Waals surface area contributed by atoms with Crippen molar-refractivity contribution in [3.63, 3.8) is 0 Å². The van der Waals surface area contributed by atoms with Crippen LogP contribution in [0.25, 0.3) is 21.3 Å². The maximum absolute atomic E-state index is 12.6. The highest BCUT2D eigenvalue weighted by molar-refractivity contribution is 7.17. The molecule has 4 aromatic rings. The molecular weight excluding hydrogens is 364 g/mol. The third-order valence-corrected chi connectivity index (χ3v) is 5.22. The van der Waals surface area contributed by atoms with E-state index in [2.05, 4.69) is 4.98 Å². The van der Waals surface area contributed by atoms with E-state index >= 15 is 0 Å². The van der Waals surface area contributed by atoms with E-state index in [9.17, 15) is 19.8 Å². The third-order valence-electron chi connectivity index (χ3n) is 4.30. The number of aromatic hydroxyl groups is 1. The zero-order valence-corrected chi connectivity index (χ0v) is 14.8. The van der Waals surface area contributed by atoms with Crippen LogP contribution in [0.1, 0.15) is 15.9 Å². The topological polar surface area (TPSA) is 92.4 Å². The summed E-state index contributed by atoms with van der Waals surface area (Å²) in [7, 11) is 0. The van der Waals surface area contributed by atoms with Crippen LogP contribution in [-0.4, -0.2) is 25.7 Å². The number of hydrogen-bond acceptors (Lipinski definition) is 5. The summed E-state index contributed by atoms with van der Waals surface area (Å²) in [6.07, 6.45) is 3.39. The van der Waals surface area contributed by atoms with Gasteiger partial charge in [0, 0.05) is 18.0 Å². The Morgan fingerprint density at radius 3 is 2.63 bits per heavy atom. The lowest BCUT2D eigenvalue weighted by molar-refractivity contribution is 0.0695. The Hall–Kier alpha value is -3.45. The van der Waals surface area contributed by atoms with Crippen molar-refractivity contribution < 1.29 is 15.0 Å². The first-order valence-corrected chi connectivity index (χ1v) is 9.00. The van der Waals surface area contributed by atoms with Crippen molar-refractivity contribution in [1.82, 2.24) is 9.55 Å². The van der Waals surface area contributed by atoms with Crippen LogP contribution in [0.2, 0.25) is 0 Å². The highest BCUT2D eigenvalue weighted by atomic mass is 32.1. The summed E-state index contributed by atoms with van der Waals surface area (Å²) in [6.45, 7) is 0.174. The minimum Gasteiger partial charge on any atom is -0.502 e. The van der Waals surface area contributed by atoms with E-state index in [1.165, 1.54) is 15.9 Å². The first-order chi connectivity index (χ1) is 13.1. The van der Waals surface area contributed by atoms with Gasteiger partial charge in [0.15, 0.2) is 5.75 Å². The molecule has 0 aliphatic heterocycles. The molecule has 0 unspecified atom stereocenters. The lowest BCUT2D eigenvalue weighted by Gasteiger charge is -2.11. The zero-order chi connectivity index (χ0) is 19.0. The maximum Gasteiger partial charge on any atom is 0.341 e. The summed E-state index contributed by atoms with van der Waals surface area (Å²) >= 11 is 1.17. The molecule has 6 nitrogen and oxygen atoms in total. The van der Waals surface area contributed by atoms with Gasteiger partial charge in [0.1, 0.15) is 5.56 Å². The molecule has 3 heterocycles. The largest absolute Gasteiger partial charge is 0.502 e. The van der Waals surface area contributed by atoms with Crippen LogP contribution in [0.3, 0.4) is 0 Å². The number of benzene rings is 1. The molecule has 0 bridgehead atoms. The average molecular weight is 378 g/mol. The molecule has 0 fully saturated rings. The Morgan fingerprint density at radius 2 is 1.89 bits per heavy atom. The number of aromatic carboxylic acids is 1. The van der Waals surface area contributed by atoms with Crippen molar-refractivity contribution >= 4 is 27.5 Å². The summed E-state index contributed by atoms with van der Waals surface area (Å²) < 4.78 is 1.74. The standard InChI is InChI=1S/C20H14N2O4S/c23-17-16(20(25)26)18-15(6-7-27-18)22(19(17)24)11-12-8-14(10-21-9-12)13-4-2-1-3-5-13/h1-10,23H,11H2,(H,25,26). The van der Waals surface area contributed by atoms with Crippen molar-refractivity contribution in [1.29, 1.82) is 0 Å². The second-order valence-electron chi connectivity index (χ2n) is 6.00. The van der Waals surface area contributed by atoms with Gasteiger partial charge in [-0.15, -0.1) is 11.3 Å². The number of pyridine rings is 2. The van der Waals surface area contributed by atoms with E-state index in [4.69, 9.17) is 0 Å². The van der Waals surface area contributed by atoms with E-state index in [1.807, 2.05) is 36.4 Å². The highest BCUT2D eigenvalue weighted by Crippen LogP contribution is 2.29. The van der Waals surface area contributed by atoms with Crippen LogP contribution in [0.4, 0.5) is 0 Å². The Labute approximate surface area is 157 Å². The number of carboxylic acids is 1. The smallest absolute Gasteiger partial charge is 0.341 e. The molecule has 0 aliphatic rings. The summed E-state index contributed by atoms with van der Waals surface area (Å²) in [5, 5.41) is 21.2. The molecule has 134 valence electrons. The number of thiophene rings is 1. The van der Waals surface area contributed by atoms with Crippen LogP contribution in [0.15, 0.2) is 65.0 Å². The van der Waals surface area contributed by atoms with E-state index in [1.54, 1.807) is 23.8 Å². The zero-order valence-electron chi connectivity index (χ0n) is 14.0. The monoisotopic (exact) mass is 378 g/mol. The predicted molar refractivity (Wildman–Crippen MR) is 103 cm³/mol. The molecule has 2 N–H and O–H groups in total. The molecule has 0 saturated carbocycles.